The normalized spacial score (nSPS) is 11.7. The van der Waals surface area contributed by atoms with Gasteiger partial charge in [-0.25, -0.2) is 4.39 Å². The summed E-state index contributed by atoms with van der Waals surface area (Å²) in [6, 6.07) is 6.65. The third-order valence-electron chi connectivity index (χ3n) is 2.23. The Kier molecular flexibility index (Phi) is 4.47. The molecule has 0 saturated carbocycles. The summed E-state index contributed by atoms with van der Waals surface area (Å²) in [6.45, 7) is 0. The van der Waals surface area contributed by atoms with Gasteiger partial charge in [-0.3, -0.25) is 4.79 Å². The van der Waals surface area contributed by atoms with Crippen LogP contribution >= 0.6 is 11.6 Å². The van der Waals surface area contributed by atoms with E-state index in [-0.39, 0.29) is 17.9 Å². The number of hydrogen-bond donors (Lipinski definition) is 0. The van der Waals surface area contributed by atoms with Gasteiger partial charge < -0.3 is 4.90 Å². The number of amides is 1. The third-order valence-corrected chi connectivity index (χ3v) is 2.57. The Hall–Kier alpha value is -1.60. The largest absolute Gasteiger partial charge is 0.348 e. The summed E-state index contributed by atoms with van der Waals surface area (Å²) in [5.41, 5.74) is 0.697. The van der Waals surface area contributed by atoms with Crippen molar-refractivity contribution in [2.24, 2.45) is 0 Å². The van der Waals surface area contributed by atoms with Gasteiger partial charge in [-0.05, 0) is 24.1 Å². The summed E-state index contributed by atoms with van der Waals surface area (Å²) in [5.74, 6) is -0.852. The number of alkyl halides is 1. The molecule has 17 heavy (non-hydrogen) atoms. The number of rotatable bonds is 3. The molecule has 5 heteroatoms. The highest BCUT2D eigenvalue weighted by Crippen LogP contribution is 2.15. The Balaban J connectivity index is 2.89. The topological polar surface area (TPSA) is 44.1 Å². The van der Waals surface area contributed by atoms with Crippen LogP contribution in [-0.4, -0.2) is 30.3 Å². The van der Waals surface area contributed by atoms with Crippen molar-refractivity contribution in [3.8, 4) is 6.07 Å². The summed E-state index contributed by atoms with van der Waals surface area (Å²) in [6.07, 6.45) is 0.179. The molecular formula is C12H11ClFN2O. The van der Waals surface area contributed by atoms with E-state index >= 15 is 0 Å². The van der Waals surface area contributed by atoms with Crippen LogP contribution in [0.15, 0.2) is 12.1 Å². The smallest absolute Gasteiger partial charge is 0.240 e. The van der Waals surface area contributed by atoms with Crippen molar-refractivity contribution < 1.29 is 9.18 Å². The van der Waals surface area contributed by atoms with Gasteiger partial charge in [-0.15, -0.1) is 11.6 Å². The Morgan fingerprint density at radius 1 is 1.71 bits per heavy atom. The van der Waals surface area contributed by atoms with Crippen LogP contribution in [0.25, 0.3) is 0 Å². The van der Waals surface area contributed by atoms with E-state index in [1.165, 1.54) is 11.0 Å². The number of carbonyl (C=O) groups excluding carboxylic acids is 1. The fourth-order valence-corrected chi connectivity index (χ4v) is 1.69. The van der Waals surface area contributed by atoms with Crippen LogP contribution in [0.3, 0.4) is 0 Å². The number of nitriles is 1. The molecular weight excluding hydrogens is 243 g/mol. The van der Waals surface area contributed by atoms with Crippen LogP contribution in [-0.2, 0) is 11.2 Å². The molecule has 0 saturated heterocycles. The average Bonchev–Trinajstić information content (AvgIpc) is 2.30. The molecule has 0 N–H and O–H groups in total. The van der Waals surface area contributed by atoms with E-state index in [2.05, 4.69) is 6.07 Å². The highest BCUT2D eigenvalue weighted by Gasteiger charge is 2.19. The first kappa shape index (κ1) is 13.5. The summed E-state index contributed by atoms with van der Waals surface area (Å²) in [7, 11) is 3.19. The van der Waals surface area contributed by atoms with Gasteiger partial charge in [0.2, 0.25) is 5.91 Å². The van der Waals surface area contributed by atoms with E-state index in [0.29, 0.717) is 5.56 Å². The molecule has 1 atom stereocenters. The molecule has 1 unspecified atom stereocenters. The van der Waals surface area contributed by atoms with Crippen molar-refractivity contribution in [3.63, 3.8) is 0 Å². The Labute approximate surface area is 104 Å². The first-order valence-corrected chi connectivity index (χ1v) is 5.34. The van der Waals surface area contributed by atoms with E-state index in [1.807, 2.05) is 6.07 Å². The van der Waals surface area contributed by atoms with Crippen molar-refractivity contribution in [2.75, 3.05) is 14.1 Å². The average molecular weight is 254 g/mol. The zero-order valence-electron chi connectivity index (χ0n) is 9.50. The van der Waals surface area contributed by atoms with Gasteiger partial charge in [0.15, 0.2) is 0 Å². The monoisotopic (exact) mass is 253 g/mol. The van der Waals surface area contributed by atoms with E-state index in [1.54, 1.807) is 14.1 Å². The number of carbonyl (C=O) groups is 1. The van der Waals surface area contributed by atoms with Gasteiger partial charge in [0.05, 0.1) is 11.6 Å². The molecule has 3 nitrogen and oxygen atoms in total. The molecule has 0 fully saturated rings. The molecule has 0 aliphatic rings. The van der Waals surface area contributed by atoms with Gasteiger partial charge in [0.25, 0.3) is 0 Å². The minimum absolute atomic E-state index is 0.179. The molecule has 0 spiro atoms. The SMILES string of the molecule is CN(C)C(=O)C(Cl)Cc1c[c]c(F)cc1C#N. The third kappa shape index (κ3) is 3.43. The van der Waals surface area contributed by atoms with Crippen molar-refractivity contribution in [1.29, 1.82) is 5.26 Å². The van der Waals surface area contributed by atoms with Gasteiger partial charge in [-0.2, -0.15) is 5.26 Å². The second kappa shape index (κ2) is 5.65. The maximum atomic E-state index is 12.8. The molecule has 0 heterocycles. The van der Waals surface area contributed by atoms with E-state index in [9.17, 15) is 9.18 Å². The molecule has 1 radical (unpaired) electrons. The molecule has 1 aromatic rings. The van der Waals surface area contributed by atoms with Gasteiger partial charge >= 0.3 is 0 Å². The standard InChI is InChI=1S/C12H11ClFN2O/c1-16(2)12(17)11(13)6-8-3-4-10(14)5-9(8)7-15/h3,5,11H,6H2,1-2H3. The van der Waals surface area contributed by atoms with Crippen molar-refractivity contribution >= 4 is 17.5 Å². The highest BCUT2D eigenvalue weighted by molar-refractivity contribution is 6.30. The van der Waals surface area contributed by atoms with Crippen molar-refractivity contribution in [2.45, 2.75) is 11.8 Å². The molecule has 89 valence electrons. The molecule has 0 aliphatic carbocycles. The van der Waals surface area contributed by atoms with E-state index in [0.717, 1.165) is 6.07 Å². The van der Waals surface area contributed by atoms with Gasteiger partial charge in [0.1, 0.15) is 11.2 Å². The Morgan fingerprint density at radius 3 is 2.88 bits per heavy atom. The van der Waals surface area contributed by atoms with Gasteiger partial charge in [-0.1, -0.05) is 0 Å². The number of nitrogens with zero attached hydrogens (tertiary/aromatic N) is 2. The second-order valence-corrected chi connectivity index (χ2v) is 4.26. The van der Waals surface area contributed by atoms with Crippen LogP contribution in [0.1, 0.15) is 11.1 Å². The maximum Gasteiger partial charge on any atom is 0.240 e. The van der Waals surface area contributed by atoms with Gasteiger partial charge in [0, 0.05) is 20.2 Å². The maximum absolute atomic E-state index is 12.8. The lowest BCUT2D eigenvalue weighted by Crippen LogP contribution is -2.31. The Morgan fingerprint density at radius 2 is 2.35 bits per heavy atom. The fraction of sp³-hybridized carbons (Fsp3) is 0.333. The summed E-state index contributed by atoms with van der Waals surface area (Å²) in [5, 5.41) is 8.07. The molecule has 0 bridgehead atoms. The van der Waals surface area contributed by atoms with Crippen LogP contribution < -0.4 is 0 Å². The summed E-state index contributed by atoms with van der Waals surface area (Å²) < 4.78 is 12.8. The molecule has 1 aromatic carbocycles. The molecule has 0 aliphatic heterocycles. The zero-order valence-corrected chi connectivity index (χ0v) is 10.3. The predicted octanol–water partition coefficient (Wildman–Crippen LogP) is 1.74. The quantitative estimate of drug-likeness (QED) is 0.770. The van der Waals surface area contributed by atoms with Crippen LogP contribution in [0.4, 0.5) is 4.39 Å². The number of benzene rings is 1. The zero-order chi connectivity index (χ0) is 13.0. The highest BCUT2D eigenvalue weighted by atomic mass is 35.5. The summed E-state index contributed by atoms with van der Waals surface area (Å²) >= 11 is 5.92. The lowest BCUT2D eigenvalue weighted by molar-refractivity contribution is -0.128. The number of halogens is 2. The Bertz CT molecular complexity index is 468. The predicted molar refractivity (Wildman–Crippen MR) is 62.0 cm³/mol. The lowest BCUT2D eigenvalue weighted by Gasteiger charge is -2.15. The minimum Gasteiger partial charge on any atom is -0.348 e. The van der Waals surface area contributed by atoms with E-state index in [4.69, 9.17) is 16.9 Å². The lowest BCUT2D eigenvalue weighted by atomic mass is 10.0. The fourth-order valence-electron chi connectivity index (χ4n) is 1.33. The summed E-state index contributed by atoms with van der Waals surface area (Å²) in [4.78, 5) is 12.9. The first-order chi connectivity index (χ1) is 7.95. The molecule has 0 aromatic heterocycles. The van der Waals surface area contributed by atoms with Crippen LogP contribution in [0.2, 0.25) is 0 Å². The molecule has 1 rings (SSSR count). The van der Waals surface area contributed by atoms with Crippen LogP contribution in [0.5, 0.6) is 0 Å². The first-order valence-electron chi connectivity index (χ1n) is 4.91. The molecule has 1 amide bonds. The van der Waals surface area contributed by atoms with E-state index < -0.39 is 11.2 Å². The van der Waals surface area contributed by atoms with Crippen LogP contribution in [0, 0.1) is 23.2 Å². The number of hydrogen-bond acceptors (Lipinski definition) is 2. The minimum atomic E-state index is -0.768. The van der Waals surface area contributed by atoms with Crippen molar-refractivity contribution in [3.05, 3.63) is 35.1 Å². The van der Waals surface area contributed by atoms with Crippen molar-refractivity contribution in [1.82, 2.24) is 4.90 Å². The second-order valence-electron chi connectivity index (χ2n) is 3.74.